The van der Waals surface area contributed by atoms with Gasteiger partial charge in [0.05, 0.1) is 11.6 Å². The molecule has 4 nitrogen and oxygen atoms in total. The van der Waals surface area contributed by atoms with Crippen molar-refractivity contribution in [1.29, 1.82) is 0 Å². The minimum absolute atomic E-state index is 0.0309. The van der Waals surface area contributed by atoms with Crippen LogP contribution < -0.4 is 5.32 Å². The number of hydrogen-bond acceptors (Lipinski definition) is 3. The molecule has 124 valence electrons. The summed E-state index contributed by atoms with van der Waals surface area (Å²) in [5, 5.41) is 9.67. The summed E-state index contributed by atoms with van der Waals surface area (Å²) < 4.78 is 77.2. The minimum Gasteiger partial charge on any atom is -0.304 e. The van der Waals surface area contributed by atoms with E-state index >= 15 is 0 Å². The first kappa shape index (κ1) is 15.8. The lowest BCUT2D eigenvalue weighted by Gasteiger charge is -2.26. The predicted molar refractivity (Wildman–Crippen MR) is 66.3 cm³/mol. The molecule has 2 aromatic rings. The maximum Gasteiger partial charge on any atom is 0.451 e. The molecule has 2 heterocycles. The van der Waals surface area contributed by atoms with E-state index in [4.69, 9.17) is 0 Å². The lowest BCUT2D eigenvalue weighted by molar-refractivity contribution is -0.147. The van der Waals surface area contributed by atoms with E-state index in [9.17, 15) is 26.3 Å². The molecule has 1 aliphatic rings. The Hall–Kier alpha value is -2.10. The number of nitrogens with one attached hydrogen (secondary N) is 1. The largest absolute Gasteiger partial charge is 0.451 e. The first-order valence-corrected chi connectivity index (χ1v) is 6.59. The molecule has 1 aromatic heterocycles. The molecule has 23 heavy (non-hydrogen) atoms. The Bertz CT molecular complexity index is 701. The summed E-state index contributed by atoms with van der Waals surface area (Å²) in [6.45, 7) is 0.258. The molecular formula is C13H10F6N4. The number of rotatable bonds is 1. The number of nitrogens with zero attached hydrogens (tertiary/aromatic N) is 3. The highest BCUT2D eigenvalue weighted by molar-refractivity contribution is 5.31. The van der Waals surface area contributed by atoms with Gasteiger partial charge in [0.1, 0.15) is 0 Å². The summed E-state index contributed by atoms with van der Waals surface area (Å²) in [5.41, 5.74) is -0.436. The van der Waals surface area contributed by atoms with E-state index in [1.54, 1.807) is 0 Å². The Morgan fingerprint density at radius 2 is 1.61 bits per heavy atom. The second-order valence-electron chi connectivity index (χ2n) is 5.04. The Kier molecular flexibility index (Phi) is 3.58. The Labute approximate surface area is 126 Å². The van der Waals surface area contributed by atoms with Crippen LogP contribution in [0.3, 0.4) is 0 Å². The Balaban J connectivity index is 1.96. The molecule has 0 aliphatic carbocycles. The van der Waals surface area contributed by atoms with Crippen LogP contribution in [0.5, 0.6) is 0 Å². The smallest absolute Gasteiger partial charge is 0.304 e. The zero-order chi connectivity index (χ0) is 16.8. The van der Waals surface area contributed by atoms with Gasteiger partial charge in [0.2, 0.25) is 5.82 Å². The first-order valence-electron chi connectivity index (χ1n) is 6.59. The molecule has 0 saturated carbocycles. The van der Waals surface area contributed by atoms with Gasteiger partial charge < -0.3 is 9.88 Å². The average molecular weight is 336 g/mol. The molecule has 3 rings (SSSR count). The zero-order valence-electron chi connectivity index (χ0n) is 11.4. The van der Waals surface area contributed by atoms with Crippen LogP contribution in [0.25, 0.3) is 0 Å². The number of halogens is 6. The van der Waals surface area contributed by atoms with Crippen LogP contribution in [0, 0.1) is 0 Å². The Morgan fingerprint density at radius 1 is 0.957 bits per heavy atom. The van der Waals surface area contributed by atoms with Crippen molar-refractivity contribution in [2.75, 3.05) is 6.54 Å². The quantitative estimate of drug-likeness (QED) is 0.814. The van der Waals surface area contributed by atoms with E-state index in [0.29, 0.717) is 5.56 Å². The Morgan fingerprint density at radius 3 is 2.17 bits per heavy atom. The third-order valence-corrected chi connectivity index (χ3v) is 3.55. The average Bonchev–Trinajstić information content (AvgIpc) is 2.90. The van der Waals surface area contributed by atoms with Crippen LogP contribution in [0.1, 0.15) is 28.8 Å². The van der Waals surface area contributed by atoms with Crippen molar-refractivity contribution < 1.29 is 26.3 Å². The molecule has 1 unspecified atom stereocenters. The van der Waals surface area contributed by atoms with Gasteiger partial charge in [0.15, 0.2) is 5.82 Å². The van der Waals surface area contributed by atoms with E-state index in [-0.39, 0.29) is 18.9 Å². The summed E-state index contributed by atoms with van der Waals surface area (Å²) in [6, 6.07) is 3.47. The van der Waals surface area contributed by atoms with E-state index in [2.05, 4.69) is 15.5 Å². The van der Waals surface area contributed by atoms with Crippen LogP contribution in [-0.4, -0.2) is 21.3 Å². The molecule has 0 amide bonds. The van der Waals surface area contributed by atoms with Gasteiger partial charge in [-0.15, -0.1) is 10.2 Å². The van der Waals surface area contributed by atoms with E-state index < -0.39 is 29.8 Å². The molecule has 10 heteroatoms. The first-order chi connectivity index (χ1) is 10.7. The van der Waals surface area contributed by atoms with Crippen molar-refractivity contribution in [3.05, 3.63) is 47.0 Å². The highest BCUT2D eigenvalue weighted by Gasteiger charge is 2.40. The number of hydrogen-bond donors (Lipinski definition) is 1. The van der Waals surface area contributed by atoms with Gasteiger partial charge in [0.25, 0.3) is 0 Å². The van der Waals surface area contributed by atoms with Crippen molar-refractivity contribution >= 4 is 0 Å². The van der Waals surface area contributed by atoms with Crippen molar-refractivity contribution in [3.8, 4) is 0 Å². The summed E-state index contributed by atoms with van der Waals surface area (Å²) in [6.07, 6.45) is -9.10. The lowest BCUT2D eigenvalue weighted by atomic mass is 10.0. The summed E-state index contributed by atoms with van der Waals surface area (Å²) in [7, 11) is 0. The molecule has 0 saturated heterocycles. The van der Waals surface area contributed by atoms with Gasteiger partial charge in [0, 0.05) is 13.1 Å². The number of fused-ring (bicyclic) bond motifs is 1. The fourth-order valence-electron chi connectivity index (χ4n) is 2.50. The van der Waals surface area contributed by atoms with Crippen LogP contribution in [0.4, 0.5) is 26.3 Å². The highest BCUT2D eigenvalue weighted by Crippen LogP contribution is 2.34. The molecule has 1 N–H and O–H groups in total. The van der Waals surface area contributed by atoms with Crippen LogP contribution in [0.15, 0.2) is 24.3 Å². The van der Waals surface area contributed by atoms with Gasteiger partial charge >= 0.3 is 12.4 Å². The second-order valence-corrected chi connectivity index (χ2v) is 5.04. The van der Waals surface area contributed by atoms with Gasteiger partial charge in [-0.05, 0) is 17.7 Å². The molecule has 0 radical (unpaired) electrons. The number of alkyl halides is 6. The normalized spacial score (nSPS) is 18.8. The van der Waals surface area contributed by atoms with Gasteiger partial charge in [-0.1, -0.05) is 12.1 Å². The lowest BCUT2D eigenvalue weighted by Crippen LogP contribution is -2.35. The maximum absolute atomic E-state index is 12.9. The van der Waals surface area contributed by atoms with Gasteiger partial charge in [-0.25, -0.2) is 0 Å². The third-order valence-electron chi connectivity index (χ3n) is 3.55. The SMILES string of the molecule is FC(F)(F)c1ccc(C2NCCn3c2nnc3C(F)(F)F)cc1. The summed E-state index contributed by atoms with van der Waals surface area (Å²) in [5.74, 6) is -1.07. The predicted octanol–water partition coefficient (Wildman–Crippen LogP) is 3.01. The van der Waals surface area contributed by atoms with Crippen LogP contribution >= 0.6 is 0 Å². The topological polar surface area (TPSA) is 42.7 Å². The minimum atomic E-state index is -4.63. The highest BCUT2D eigenvalue weighted by atomic mass is 19.4. The van der Waals surface area contributed by atoms with E-state index in [1.165, 1.54) is 12.1 Å². The van der Waals surface area contributed by atoms with Gasteiger partial charge in [-0.2, -0.15) is 26.3 Å². The number of benzene rings is 1. The molecule has 1 atom stereocenters. The standard InChI is InChI=1S/C13H10F6N4/c14-12(15,16)8-3-1-7(2-4-8)9-10-21-22-11(13(17,18)19)23(10)6-5-20-9/h1-4,9,20H,5-6H2. The summed E-state index contributed by atoms with van der Waals surface area (Å²) in [4.78, 5) is 0. The molecular weight excluding hydrogens is 326 g/mol. The molecule has 1 aliphatic heterocycles. The second kappa shape index (κ2) is 5.22. The fourth-order valence-corrected chi connectivity index (χ4v) is 2.50. The van der Waals surface area contributed by atoms with Crippen molar-refractivity contribution in [2.24, 2.45) is 0 Å². The van der Waals surface area contributed by atoms with E-state index in [1.807, 2.05) is 0 Å². The maximum atomic E-state index is 12.9. The summed E-state index contributed by atoms with van der Waals surface area (Å²) >= 11 is 0. The molecule has 0 bridgehead atoms. The monoisotopic (exact) mass is 336 g/mol. The molecule has 0 fully saturated rings. The van der Waals surface area contributed by atoms with Crippen molar-refractivity contribution in [1.82, 2.24) is 20.1 Å². The third kappa shape index (κ3) is 2.90. The van der Waals surface area contributed by atoms with Crippen molar-refractivity contribution in [2.45, 2.75) is 24.9 Å². The van der Waals surface area contributed by atoms with Crippen LogP contribution in [-0.2, 0) is 18.9 Å². The van der Waals surface area contributed by atoms with Gasteiger partial charge in [-0.3, -0.25) is 0 Å². The number of aromatic nitrogens is 3. The van der Waals surface area contributed by atoms with E-state index in [0.717, 1.165) is 16.7 Å². The van der Waals surface area contributed by atoms with Crippen molar-refractivity contribution in [3.63, 3.8) is 0 Å². The molecule has 0 spiro atoms. The van der Waals surface area contributed by atoms with Crippen LogP contribution in [0.2, 0.25) is 0 Å². The zero-order valence-corrected chi connectivity index (χ0v) is 11.4. The molecule has 1 aromatic carbocycles. The fraction of sp³-hybridized carbons (Fsp3) is 0.385.